The Morgan fingerprint density at radius 1 is 1.03 bits per heavy atom. The number of amides is 2. The lowest BCUT2D eigenvalue weighted by Gasteiger charge is -2.27. The predicted molar refractivity (Wildman–Crippen MR) is 124 cm³/mol. The Balaban J connectivity index is 1.26. The Bertz CT molecular complexity index is 1030. The van der Waals surface area contributed by atoms with Crippen LogP contribution in [0, 0.1) is 17.3 Å². The third kappa shape index (κ3) is 4.87. The van der Waals surface area contributed by atoms with Gasteiger partial charge in [0.2, 0.25) is 5.91 Å². The zero-order chi connectivity index (χ0) is 23.8. The molecular weight excluding hydrogens is 420 g/mol. The Labute approximate surface area is 193 Å². The predicted octanol–water partition coefficient (Wildman–Crippen LogP) is 3.78. The van der Waals surface area contributed by atoms with Gasteiger partial charge in [-0.2, -0.15) is 0 Å². The number of hydrogen-bond acceptors (Lipinski definition) is 4. The molecule has 0 unspecified atom stereocenters. The minimum absolute atomic E-state index is 0.00653. The molecule has 2 aromatic carbocycles. The van der Waals surface area contributed by atoms with Crippen LogP contribution in [-0.4, -0.2) is 42.3 Å². The SMILES string of the molecule is CC(C)(C)[C@@H](NC(=O)[C@H]1C[C@H]1CNC(=O)OCC1c2ccccc2-c2ccccc21)C(=O)O. The van der Waals surface area contributed by atoms with Crippen molar-refractivity contribution >= 4 is 18.0 Å². The minimum Gasteiger partial charge on any atom is -0.480 e. The van der Waals surface area contributed by atoms with Crippen LogP contribution in [0.5, 0.6) is 0 Å². The van der Waals surface area contributed by atoms with Crippen molar-refractivity contribution < 1.29 is 24.2 Å². The van der Waals surface area contributed by atoms with Crippen molar-refractivity contribution in [1.82, 2.24) is 10.6 Å². The number of aliphatic carboxylic acids is 1. The van der Waals surface area contributed by atoms with Crippen molar-refractivity contribution in [3.8, 4) is 11.1 Å². The lowest BCUT2D eigenvalue weighted by Crippen LogP contribution is -2.49. The van der Waals surface area contributed by atoms with Gasteiger partial charge in [-0.25, -0.2) is 9.59 Å². The third-order valence-electron chi connectivity index (χ3n) is 6.51. The average molecular weight is 451 g/mol. The molecule has 1 saturated carbocycles. The van der Waals surface area contributed by atoms with E-state index in [2.05, 4.69) is 34.9 Å². The number of nitrogens with one attached hydrogen (secondary N) is 2. The van der Waals surface area contributed by atoms with Crippen molar-refractivity contribution in [3.63, 3.8) is 0 Å². The number of alkyl carbamates (subject to hydrolysis) is 1. The average Bonchev–Trinajstić information content (AvgIpc) is 3.48. The third-order valence-corrected chi connectivity index (χ3v) is 6.51. The van der Waals surface area contributed by atoms with Crippen LogP contribution in [0.1, 0.15) is 44.2 Å². The van der Waals surface area contributed by atoms with Gasteiger partial charge < -0.3 is 20.5 Å². The summed E-state index contributed by atoms with van der Waals surface area (Å²) in [6.07, 6.45) is 0.104. The molecule has 7 nitrogen and oxygen atoms in total. The summed E-state index contributed by atoms with van der Waals surface area (Å²) in [5.74, 6) is -1.64. The normalized spacial score (nSPS) is 19.7. The van der Waals surface area contributed by atoms with E-state index in [0.29, 0.717) is 13.0 Å². The Hall–Kier alpha value is -3.35. The standard InChI is InChI=1S/C26H30N2O5/c1-26(2,3)22(24(30)31)28-23(29)20-12-15(20)13-27-25(32)33-14-21-18-10-6-4-8-16(18)17-9-5-7-11-19(17)21/h4-11,15,20-22H,12-14H2,1-3H3,(H,27,32)(H,28,29)(H,30,31)/t15-,20-,22-/m0/s1. The van der Waals surface area contributed by atoms with E-state index in [9.17, 15) is 19.5 Å². The number of benzene rings is 2. The number of carboxylic acids is 1. The molecule has 0 aromatic heterocycles. The van der Waals surface area contributed by atoms with Crippen LogP contribution in [0.3, 0.4) is 0 Å². The smallest absolute Gasteiger partial charge is 0.407 e. The molecule has 0 radical (unpaired) electrons. The molecule has 2 amide bonds. The highest BCUT2D eigenvalue weighted by Gasteiger charge is 2.45. The molecule has 2 aliphatic rings. The van der Waals surface area contributed by atoms with Crippen molar-refractivity contribution in [2.75, 3.05) is 13.2 Å². The molecular formula is C26H30N2O5. The first-order valence-corrected chi connectivity index (χ1v) is 11.3. The van der Waals surface area contributed by atoms with Crippen molar-refractivity contribution in [3.05, 3.63) is 59.7 Å². The summed E-state index contributed by atoms with van der Waals surface area (Å²) >= 11 is 0. The summed E-state index contributed by atoms with van der Waals surface area (Å²) < 4.78 is 5.53. The summed E-state index contributed by atoms with van der Waals surface area (Å²) in [5, 5.41) is 14.8. The molecule has 0 saturated heterocycles. The Morgan fingerprint density at radius 3 is 2.15 bits per heavy atom. The summed E-state index contributed by atoms with van der Waals surface area (Å²) in [6, 6.07) is 15.3. The first-order chi connectivity index (χ1) is 15.7. The van der Waals surface area contributed by atoms with Crippen LogP contribution in [0.25, 0.3) is 11.1 Å². The molecule has 0 aliphatic heterocycles. The van der Waals surface area contributed by atoms with E-state index in [1.807, 2.05) is 24.3 Å². The maximum Gasteiger partial charge on any atom is 0.407 e. The maximum atomic E-state index is 12.4. The molecule has 3 N–H and O–H groups in total. The van der Waals surface area contributed by atoms with Crippen LogP contribution in [0.2, 0.25) is 0 Å². The second-order valence-electron chi connectivity index (χ2n) is 9.95. The first-order valence-electron chi connectivity index (χ1n) is 11.3. The van der Waals surface area contributed by atoms with Crippen molar-refractivity contribution in [1.29, 1.82) is 0 Å². The summed E-state index contributed by atoms with van der Waals surface area (Å²) in [7, 11) is 0. The molecule has 33 heavy (non-hydrogen) atoms. The maximum absolute atomic E-state index is 12.4. The second kappa shape index (κ2) is 8.89. The number of ether oxygens (including phenoxy) is 1. The highest BCUT2D eigenvalue weighted by Crippen LogP contribution is 2.44. The molecule has 2 aliphatic carbocycles. The van der Waals surface area contributed by atoms with E-state index < -0.39 is 23.5 Å². The minimum atomic E-state index is -1.05. The topological polar surface area (TPSA) is 105 Å². The molecule has 0 spiro atoms. The molecule has 174 valence electrons. The Morgan fingerprint density at radius 2 is 1.61 bits per heavy atom. The van der Waals surface area contributed by atoms with Crippen LogP contribution in [0.15, 0.2) is 48.5 Å². The fourth-order valence-corrected chi connectivity index (χ4v) is 4.56. The van der Waals surface area contributed by atoms with Gasteiger partial charge in [-0.15, -0.1) is 0 Å². The fourth-order valence-electron chi connectivity index (χ4n) is 4.56. The van der Waals surface area contributed by atoms with Gasteiger partial charge in [-0.3, -0.25) is 4.79 Å². The van der Waals surface area contributed by atoms with E-state index in [0.717, 1.165) is 11.1 Å². The molecule has 0 bridgehead atoms. The van der Waals surface area contributed by atoms with Gasteiger partial charge in [0.15, 0.2) is 0 Å². The van der Waals surface area contributed by atoms with Crippen LogP contribution in [0.4, 0.5) is 4.79 Å². The van der Waals surface area contributed by atoms with Gasteiger partial charge in [0.25, 0.3) is 0 Å². The summed E-state index contributed by atoms with van der Waals surface area (Å²) in [4.78, 5) is 36.2. The van der Waals surface area contributed by atoms with Crippen LogP contribution >= 0.6 is 0 Å². The number of hydrogen-bond donors (Lipinski definition) is 3. The van der Waals surface area contributed by atoms with Gasteiger partial charge >= 0.3 is 12.1 Å². The summed E-state index contributed by atoms with van der Waals surface area (Å²) in [5.41, 5.74) is 4.05. The number of fused-ring (bicyclic) bond motifs is 3. The largest absolute Gasteiger partial charge is 0.480 e. The van der Waals surface area contributed by atoms with Crippen LogP contribution in [-0.2, 0) is 14.3 Å². The van der Waals surface area contributed by atoms with Gasteiger partial charge in [0, 0.05) is 18.4 Å². The monoisotopic (exact) mass is 450 g/mol. The van der Waals surface area contributed by atoms with E-state index in [-0.39, 0.29) is 30.3 Å². The Kier molecular flexibility index (Phi) is 6.15. The van der Waals surface area contributed by atoms with Gasteiger partial charge in [0.05, 0.1) is 0 Å². The zero-order valence-corrected chi connectivity index (χ0v) is 19.1. The first kappa shape index (κ1) is 22.8. The molecule has 3 atom stereocenters. The van der Waals surface area contributed by atoms with Gasteiger partial charge in [0.1, 0.15) is 12.6 Å². The van der Waals surface area contributed by atoms with E-state index in [1.165, 1.54) is 11.1 Å². The number of carboxylic acid groups (broad SMARTS) is 1. The molecule has 7 heteroatoms. The number of carbonyl (C=O) groups excluding carboxylic acids is 2. The molecule has 0 heterocycles. The van der Waals surface area contributed by atoms with Crippen molar-refractivity contribution in [2.24, 2.45) is 17.3 Å². The second-order valence-corrected chi connectivity index (χ2v) is 9.95. The van der Waals surface area contributed by atoms with E-state index >= 15 is 0 Å². The quantitative estimate of drug-likeness (QED) is 0.596. The lowest BCUT2D eigenvalue weighted by atomic mass is 9.86. The molecule has 1 fully saturated rings. The van der Waals surface area contributed by atoms with Crippen molar-refractivity contribution in [2.45, 2.75) is 39.2 Å². The number of rotatable bonds is 7. The zero-order valence-electron chi connectivity index (χ0n) is 19.1. The number of carbonyl (C=O) groups is 3. The summed E-state index contributed by atoms with van der Waals surface area (Å²) in [6.45, 7) is 5.88. The highest BCUT2D eigenvalue weighted by atomic mass is 16.5. The van der Waals surface area contributed by atoms with Gasteiger partial charge in [-0.05, 0) is 40.0 Å². The lowest BCUT2D eigenvalue weighted by molar-refractivity contribution is -0.145. The highest BCUT2D eigenvalue weighted by molar-refractivity contribution is 5.87. The van der Waals surface area contributed by atoms with Crippen LogP contribution < -0.4 is 10.6 Å². The molecule has 2 aromatic rings. The molecule has 4 rings (SSSR count). The fraction of sp³-hybridized carbons (Fsp3) is 0.423. The van der Waals surface area contributed by atoms with Gasteiger partial charge in [-0.1, -0.05) is 69.3 Å². The van der Waals surface area contributed by atoms with E-state index in [1.54, 1.807) is 20.8 Å². The van der Waals surface area contributed by atoms with E-state index in [4.69, 9.17) is 4.74 Å².